The van der Waals surface area contributed by atoms with Gasteiger partial charge in [-0.1, -0.05) is 13.8 Å². The van der Waals surface area contributed by atoms with Crippen LogP contribution in [0.4, 0.5) is 20.2 Å². The van der Waals surface area contributed by atoms with Crippen LogP contribution in [0.15, 0.2) is 18.2 Å². The highest BCUT2D eigenvalue weighted by Crippen LogP contribution is 2.30. The molecule has 3 nitrogen and oxygen atoms in total. The maximum Gasteiger partial charge on any atom is 0.265 e. The number of nitrogens with two attached hydrogens (primary N) is 1. The van der Waals surface area contributed by atoms with E-state index < -0.39 is 6.43 Å². The average Bonchev–Trinajstić information content (AvgIpc) is 2.30. The molecule has 3 N–H and O–H groups in total. The zero-order valence-electron chi connectivity index (χ0n) is 10.9. The molecule has 102 valence electrons. The molecule has 1 unspecified atom stereocenters. The van der Waals surface area contributed by atoms with E-state index in [-0.39, 0.29) is 17.5 Å². The SMILES string of the molecule is COCC(Nc1ccc(N)cc1C(F)F)C(C)C. The van der Waals surface area contributed by atoms with Gasteiger partial charge in [0.15, 0.2) is 0 Å². The van der Waals surface area contributed by atoms with Crippen molar-refractivity contribution in [3.63, 3.8) is 0 Å². The fraction of sp³-hybridized carbons (Fsp3) is 0.538. The molecule has 0 aromatic heterocycles. The standard InChI is InChI=1S/C13H20F2N2O/c1-8(2)12(7-18-3)17-11-5-4-9(16)6-10(11)13(14)15/h4-6,8,12-13,17H,7,16H2,1-3H3. The summed E-state index contributed by atoms with van der Waals surface area (Å²) in [4.78, 5) is 0. The van der Waals surface area contributed by atoms with Crippen LogP contribution >= 0.6 is 0 Å². The first-order valence-electron chi connectivity index (χ1n) is 5.88. The van der Waals surface area contributed by atoms with Crippen LogP contribution in [-0.4, -0.2) is 19.8 Å². The van der Waals surface area contributed by atoms with Crippen LogP contribution in [0.3, 0.4) is 0 Å². The minimum Gasteiger partial charge on any atom is -0.399 e. The smallest absolute Gasteiger partial charge is 0.265 e. The van der Waals surface area contributed by atoms with Crippen LogP contribution in [0.25, 0.3) is 0 Å². The van der Waals surface area contributed by atoms with E-state index in [0.29, 0.717) is 18.0 Å². The van der Waals surface area contributed by atoms with Crippen molar-refractivity contribution in [1.29, 1.82) is 0 Å². The second-order valence-corrected chi connectivity index (χ2v) is 4.60. The van der Waals surface area contributed by atoms with Gasteiger partial charge in [0.2, 0.25) is 0 Å². The second kappa shape index (κ2) is 6.54. The molecule has 0 aliphatic carbocycles. The molecule has 1 rings (SSSR count). The summed E-state index contributed by atoms with van der Waals surface area (Å²) in [5.74, 6) is 0.271. The van der Waals surface area contributed by atoms with E-state index in [1.54, 1.807) is 19.2 Å². The van der Waals surface area contributed by atoms with E-state index in [4.69, 9.17) is 10.5 Å². The molecule has 1 aromatic rings. The average molecular weight is 258 g/mol. The van der Waals surface area contributed by atoms with Crippen LogP contribution in [0, 0.1) is 5.92 Å². The molecule has 0 fully saturated rings. The molecular weight excluding hydrogens is 238 g/mol. The van der Waals surface area contributed by atoms with Crippen molar-refractivity contribution in [2.45, 2.75) is 26.3 Å². The number of ether oxygens (including phenoxy) is 1. The Morgan fingerprint density at radius 2 is 2.00 bits per heavy atom. The van der Waals surface area contributed by atoms with E-state index in [2.05, 4.69) is 5.32 Å². The largest absolute Gasteiger partial charge is 0.399 e. The van der Waals surface area contributed by atoms with E-state index in [1.165, 1.54) is 6.07 Å². The molecule has 0 aliphatic rings. The summed E-state index contributed by atoms with van der Waals surface area (Å²) in [6.45, 7) is 4.48. The quantitative estimate of drug-likeness (QED) is 0.770. The molecular formula is C13H20F2N2O. The monoisotopic (exact) mass is 258 g/mol. The number of methoxy groups -OCH3 is 1. The molecule has 0 bridgehead atoms. The van der Waals surface area contributed by atoms with E-state index in [9.17, 15) is 8.78 Å². The Kier molecular flexibility index (Phi) is 5.34. The first-order chi connectivity index (χ1) is 8.45. The van der Waals surface area contributed by atoms with Crippen molar-refractivity contribution in [2.24, 2.45) is 5.92 Å². The molecule has 1 atom stereocenters. The number of benzene rings is 1. The van der Waals surface area contributed by atoms with Gasteiger partial charge in [-0.15, -0.1) is 0 Å². The zero-order valence-corrected chi connectivity index (χ0v) is 10.9. The van der Waals surface area contributed by atoms with Crippen LogP contribution in [0.1, 0.15) is 25.8 Å². The topological polar surface area (TPSA) is 47.3 Å². The summed E-state index contributed by atoms with van der Waals surface area (Å²) in [6.07, 6.45) is -2.55. The van der Waals surface area contributed by atoms with E-state index in [0.717, 1.165) is 0 Å². The first-order valence-corrected chi connectivity index (χ1v) is 5.88. The number of rotatable bonds is 6. The Morgan fingerprint density at radius 1 is 1.33 bits per heavy atom. The van der Waals surface area contributed by atoms with Gasteiger partial charge in [0.25, 0.3) is 6.43 Å². The maximum atomic E-state index is 12.9. The third-order valence-corrected chi connectivity index (χ3v) is 2.80. The number of hydrogen-bond acceptors (Lipinski definition) is 3. The molecule has 1 aromatic carbocycles. The van der Waals surface area contributed by atoms with Gasteiger partial charge in [-0.25, -0.2) is 8.78 Å². The number of alkyl halides is 2. The molecule has 0 saturated carbocycles. The summed E-state index contributed by atoms with van der Waals surface area (Å²) < 4.78 is 30.9. The summed E-state index contributed by atoms with van der Waals surface area (Å²) in [7, 11) is 1.59. The van der Waals surface area contributed by atoms with Crippen LogP contribution < -0.4 is 11.1 Å². The second-order valence-electron chi connectivity index (χ2n) is 4.60. The minimum atomic E-state index is -2.55. The number of nitrogen functional groups attached to an aromatic ring is 1. The van der Waals surface area contributed by atoms with Crippen molar-refractivity contribution < 1.29 is 13.5 Å². The molecule has 18 heavy (non-hydrogen) atoms. The van der Waals surface area contributed by atoms with Crippen molar-refractivity contribution in [3.05, 3.63) is 23.8 Å². The highest BCUT2D eigenvalue weighted by Gasteiger charge is 2.18. The summed E-state index contributed by atoms with van der Waals surface area (Å²) in [5.41, 5.74) is 6.21. The predicted octanol–water partition coefficient (Wildman–Crippen LogP) is 3.29. The summed E-state index contributed by atoms with van der Waals surface area (Å²) in [5, 5.41) is 3.10. The van der Waals surface area contributed by atoms with Gasteiger partial charge < -0.3 is 15.8 Å². The zero-order chi connectivity index (χ0) is 13.7. The van der Waals surface area contributed by atoms with Gasteiger partial charge >= 0.3 is 0 Å². The van der Waals surface area contributed by atoms with Crippen molar-refractivity contribution in [2.75, 3.05) is 24.8 Å². The van der Waals surface area contributed by atoms with Crippen LogP contribution in [0.2, 0.25) is 0 Å². The van der Waals surface area contributed by atoms with Gasteiger partial charge in [-0.3, -0.25) is 0 Å². The summed E-state index contributed by atoms with van der Waals surface area (Å²) >= 11 is 0. The Hall–Kier alpha value is -1.36. The molecule has 0 saturated heterocycles. The number of anilines is 2. The fourth-order valence-electron chi connectivity index (χ4n) is 1.67. The van der Waals surface area contributed by atoms with E-state index >= 15 is 0 Å². The number of nitrogens with one attached hydrogen (secondary N) is 1. The third kappa shape index (κ3) is 3.84. The Morgan fingerprint density at radius 3 is 2.50 bits per heavy atom. The minimum absolute atomic E-state index is 0.0175. The summed E-state index contributed by atoms with van der Waals surface area (Å²) in [6, 6.07) is 4.48. The molecule has 0 heterocycles. The molecule has 5 heteroatoms. The van der Waals surface area contributed by atoms with Crippen LogP contribution in [0.5, 0.6) is 0 Å². The van der Waals surface area contributed by atoms with Gasteiger partial charge in [0, 0.05) is 24.0 Å². The Labute approximate surface area is 106 Å². The molecule has 0 aliphatic heterocycles. The van der Waals surface area contributed by atoms with Crippen molar-refractivity contribution >= 4 is 11.4 Å². The maximum absolute atomic E-state index is 12.9. The Balaban J connectivity index is 2.94. The number of halogens is 2. The highest BCUT2D eigenvalue weighted by atomic mass is 19.3. The van der Waals surface area contributed by atoms with Gasteiger partial charge in [0.05, 0.1) is 12.6 Å². The fourth-order valence-corrected chi connectivity index (χ4v) is 1.67. The van der Waals surface area contributed by atoms with E-state index in [1.807, 2.05) is 13.8 Å². The highest BCUT2D eigenvalue weighted by molar-refractivity contribution is 5.59. The lowest BCUT2D eigenvalue weighted by molar-refractivity contribution is 0.151. The lowest BCUT2D eigenvalue weighted by atomic mass is 10.0. The first kappa shape index (κ1) is 14.7. The molecule has 0 radical (unpaired) electrons. The molecule has 0 amide bonds. The third-order valence-electron chi connectivity index (χ3n) is 2.80. The molecule has 0 spiro atoms. The predicted molar refractivity (Wildman–Crippen MR) is 69.9 cm³/mol. The van der Waals surface area contributed by atoms with Crippen molar-refractivity contribution in [1.82, 2.24) is 0 Å². The lowest BCUT2D eigenvalue weighted by Crippen LogP contribution is -2.30. The van der Waals surface area contributed by atoms with Gasteiger partial charge in [-0.05, 0) is 24.1 Å². The lowest BCUT2D eigenvalue weighted by Gasteiger charge is -2.24. The normalized spacial score (nSPS) is 13.1. The Bertz CT molecular complexity index is 383. The van der Waals surface area contributed by atoms with Crippen LogP contribution in [-0.2, 0) is 4.74 Å². The number of hydrogen-bond donors (Lipinski definition) is 2. The van der Waals surface area contributed by atoms with Gasteiger partial charge in [0.1, 0.15) is 0 Å². The van der Waals surface area contributed by atoms with Crippen molar-refractivity contribution in [3.8, 4) is 0 Å². The van der Waals surface area contributed by atoms with Gasteiger partial charge in [-0.2, -0.15) is 0 Å².